The predicted molar refractivity (Wildman–Crippen MR) is 170 cm³/mol. The van der Waals surface area contributed by atoms with E-state index in [-0.39, 0.29) is 30.3 Å². The van der Waals surface area contributed by atoms with Gasteiger partial charge in [-0.2, -0.15) is 0 Å². The van der Waals surface area contributed by atoms with Gasteiger partial charge in [0, 0.05) is 38.2 Å². The fourth-order valence-electron chi connectivity index (χ4n) is 4.22. The smallest absolute Gasteiger partial charge is 0.407 e. The van der Waals surface area contributed by atoms with Gasteiger partial charge in [-0.25, -0.2) is 4.79 Å². The Morgan fingerprint density at radius 3 is 1.88 bits per heavy atom. The van der Waals surface area contributed by atoms with Crippen molar-refractivity contribution in [1.82, 2.24) is 20.9 Å². The Morgan fingerprint density at radius 2 is 1.30 bits per heavy atom. The van der Waals surface area contributed by atoms with Crippen molar-refractivity contribution in [2.24, 2.45) is 0 Å². The predicted octanol–water partition coefficient (Wildman–Crippen LogP) is 4.99. The third-order valence-electron chi connectivity index (χ3n) is 6.37. The summed E-state index contributed by atoms with van der Waals surface area (Å²) >= 11 is 0. The first-order valence-electron chi connectivity index (χ1n) is 15.7. The zero-order valence-electron chi connectivity index (χ0n) is 27.6. The standard InChI is InChI=1S/C33H56N4O6/c1-8-37(24-22-35-30(40)27-18-16-26(17-19-27)25-29(39)42-32(2,3)4)23-14-11-15-28(38)34-20-12-9-10-13-21-36-31(41)43-33(5,6)7/h16-19H,8-15,20-25H2,1-7H3,(H,34,38)(H,35,40)(H,36,41). The van der Waals surface area contributed by atoms with Crippen LogP contribution in [0, 0.1) is 0 Å². The molecule has 244 valence electrons. The summed E-state index contributed by atoms with van der Waals surface area (Å²) in [7, 11) is 0. The van der Waals surface area contributed by atoms with E-state index < -0.39 is 11.2 Å². The van der Waals surface area contributed by atoms with Crippen LogP contribution in [-0.2, 0) is 25.5 Å². The summed E-state index contributed by atoms with van der Waals surface area (Å²) in [5.41, 5.74) is 0.348. The van der Waals surface area contributed by atoms with E-state index in [1.165, 1.54) is 0 Å². The molecule has 1 aromatic carbocycles. The molecule has 3 N–H and O–H groups in total. The number of amides is 3. The van der Waals surface area contributed by atoms with Crippen LogP contribution in [0.4, 0.5) is 4.79 Å². The molecule has 1 rings (SSSR count). The molecule has 10 heteroatoms. The second kappa shape index (κ2) is 19.9. The van der Waals surface area contributed by atoms with Crippen LogP contribution in [0.15, 0.2) is 24.3 Å². The molecule has 10 nitrogen and oxygen atoms in total. The minimum Gasteiger partial charge on any atom is -0.460 e. The molecule has 0 spiro atoms. The van der Waals surface area contributed by atoms with Gasteiger partial charge in [0.05, 0.1) is 6.42 Å². The molecular formula is C33H56N4O6. The largest absolute Gasteiger partial charge is 0.460 e. The maximum atomic E-state index is 12.5. The minimum atomic E-state index is -0.523. The number of likely N-dealkylation sites (N-methyl/N-ethyl adjacent to an activating group) is 1. The molecule has 0 fully saturated rings. The second-order valence-corrected chi connectivity index (χ2v) is 12.8. The van der Waals surface area contributed by atoms with Gasteiger partial charge in [0.25, 0.3) is 5.91 Å². The van der Waals surface area contributed by atoms with Crippen LogP contribution in [0.2, 0.25) is 0 Å². The number of nitrogens with one attached hydrogen (secondary N) is 3. The summed E-state index contributed by atoms with van der Waals surface area (Å²) in [6, 6.07) is 7.01. The van der Waals surface area contributed by atoms with Crippen LogP contribution in [-0.4, -0.2) is 79.2 Å². The highest BCUT2D eigenvalue weighted by Crippen LogP contribution is 2.11. The highest BCUT2D eigenvalue weighted by molar-refractivity contribution is 5.94. The Hall–Kier alpha value is -3.14. The normalized spacial score (nSPS) is 11.6. The molecule has 3 amide bonds. The average molecular weight is 605 g/mol. The van der Waals surface area contributed by atoms with Gasteiger partial charge in [0.1, 0.15) is 11.2 Å². The summed E-state index contributed by atoms with van der Waals surface area (Å²) in [6.45, 7) is 17.4. The third-order valence-corrected chi connectivity index (χ3v) is 6.37. The quantitative estimate of drug-likeness (QED) is 0.150. The van der Waals surface area contributed by atoms with E-state index in [4.69, 9.17) is 9.47 Å². The lowest BCUT2D eigenvalue weighted by molar-refractivity contribution is -0.153. The number of hydrogen-bond donors (Lipinski definition) is 3. The van der Waals surface area contributed by atoms with E-state index in [1.807, 2.05) is 41.5 Å². The number of benzene rings is 1. The number of esters is 1. The Kier molecular flexibility index (Phi) is 17.6. The number of rotatable bonds is 19. The molecule has 0 aromatic heterocycles. The number of alkyl carbamates (subject to hydrolysis) is 1. The van der Waals surface area contributed by atoms with E-state index in [1.54, 1.807) is 24.3 Å². The fraction of sp³-hybridized carbons (Fsp3) is 0.697. The molecular weight excluding hydrogens is 548 g/mol. The zero-order chi connectivity index (χ0) is 32.3. The highest BCUT2D eigenvalue weighted by Gasteiger charge is 2.17. The number of ether oxygens (including phenoxy) is 2. The van der Waals surface area contributed by atoms with Crippen molar-refractivity contribution in [3.63, 3.8) is 0 Å². The molecule has 0 unspecified atom stereocenters. The first kappa shape index (κ1) is 37.9. The number of nitrogens with zero attached hydrogens (tertiary/aromatic N) is 1. The number of carbonyl (C=O) groups excluding carboxylic acids is 4. The Morgan fingerprint density at radius 1 is 0.698 bits per heavy atom. The van der Waals surface area contributed by atoms with Crippen molar-refractivity contribution >= 4 is 23.9 Å². The van der Waals surface area contributed by atoms with Gasteiger partial charge in [-0.3, -0.25) is 14.4 Å². The molecule has 0 heterocycles. The number of carbonyl (C=O) groups is 4. The molecule has 0 saturated heterocycles. The van der Waals surface area contributed by atoms with Crippen LogP contribution < -0.4 is 16.0 Å². The Balaban J connectivity index is 2.12. The van der Waals surface area contributed by atoms with Crippen molar-refractivity contribution in [2.75, 3.05) is 39.3 Å². The van der Waals surface area contributed by atoms with Crippen LogP contribution in [0.1, 0.15) is 109 Å². The maximum absolute atomic E-state index is 12.5. The highest BCUT2D eigenvalue weighted by atomic mass is 16.6. The van der Waals surface area contributed by atoms with Crippen molar-refractivity contribution in [3.8, 4) is 0 Å². The average Bonchev–Trinajstić information content (AvgIpc) is 2.89. The molecule has 0 aliphatic heterocycles. The SMILES string of the molecule is CCN(CCCCC(=O)NCCCCCCNC(=O)OC(C)(C)C)CCNC(=O)c1ccc(CC(=O)OC(C)(C)C)cc1. The van der Waals surface area contributed by atoms with E-state index >= 15 is 0 Å². The molecule has 0 atom stereocenters. The van der Waals surface area contributed by atoms with E-state index in [0.29, 0.717) is 31.6 Å². The monoisotopic (exact) mass is 604 g/mol. The summed E-state index contributed by atoms with van der Waals surface area (Å²) in [6.07, 6.45) is 5.82. The maximum Gasteiger partial charge on any atom is 0.407 e. The Bertz CT molecular complexity index is 983. The number of hydrogen-bond acceptors (Lipinski definition) is 7. The van der Waals surface area contributed by atoms with Gasteiger partial charge in [0.2, 0.25) is 5.91 Å². The lowest BCUT2D eigenvalue weighted by Crippen LogP contribution is -2.35. The molecule has 0 aliphatic rings. The van der Waals surface area contributed by atoms with Gasteiger partial charge in [-0.1, -0.05) is 31.9 Å². The van der Waals surface area contributed by atoms with Crippen molar-refractivity contribution in [1.29, 1.82) is 0 Å². The van der Waals surface area contributed by atoms with Crippen molar-refractivity contribution in [2.45, 2.75) is 111 Å². The molecule has 0 bridgehead atoms. The summed E-state index contributed by atoms with van der Waals surface area (Å²) in [5, 5.41) is 8.71. The third kappa shape index (κ3) is 20.4. The van der Waals surface area contributed by atoms with Crippen LogP contribution in [0.25, 0.3) is 0 Å². The van der Waals surface area contributed by atoms with Crippen LogP contribution in [0.3, 0.4) is 0 Å². The van der Waals surface area contributed by atoms with Crippen LogP contribution in [0.5, 0.6) is 0 Å². The van der Waals surface area contributed by atoms with E-state index in [2.05, 4.69) is 27.8 Å². The molecule has 0 radical (unpaired) electrons. The van der Waals surface area contributed by atoms with E-state index in [9.17, 15) is 19.2 Å². The van der Waals surface area contributed by atoms with Gasteiger partial charge < -0.3 is 30.3 Å². The van der Waals surface area contributed by atoms with Gasteiger partial charge in [0.15, 0.2) is 0 Å². The van der Waals surface area contributed by atoms with Crippen LogP contribution >= 0.6 is 0 Å². The van der Waals surface area contributed by atoms with Gasteiger partial charge >= 0.3 is 12.1 Å². The molecule has 0 saturated carbocycles. The first-order valence-corrected chi connectivity index (χ1v) is 15.7. The van der Waals surface area contributed by atoms with Crippen molar-refractivity contribution < 1.29 is 28.7 Å². The summed E-state index contributed by atoms with van der Waals surface area (Å²) < 4.78 is 10.5. The zero-order valence-corrected chi connectivity index (χ0v) is 27.6. The minimum absolute atomic E-state index is 0.0824. The van der Waals surface area contributed by atoms with E-state index in [0.717, 1.165) is 63.7 Å². The molecule has 0 aliphatic carbocycles. The first-order chi connectivity index (χ1) is 20.2. The fourth-order valence-corrected chi connectivity index (χ4v) is 4.22. The molecule has 1 aromatic rings. The summed E-state index contributed by atoms with van der Waals surface area (Å²) in [4.78, 5) is 50.5. The number of unbranched alkanes of at least 4 members (excludes halogenated alkanes) is 4. The molecule has 43 heavy (non-hydrogen) atoms. The lowest BCUT2D eigenvalue weighted by atomic mass is 10.1. The van der Waals surface area contributed by atoms with Gasteiger partial charge in [-0.05, 0) is 98.0 Å². The van der Waals surface area contributed by atoms with Gasteiger partial charge in [-0.15, -0.1) is 0 Å². The summed E-state index contributed by atoms with van der Waals surface area (Å²) in [5.74, 6) is -0.354. The van der Waals surface area contributed by atoms with Crippen molar-refractivity contribution in [3.05, 3.63) is 35.4 Å². The lowest BCUT2D eigenvalue weighted by Gasteiger charge is -2.20. The second-order valence-electron chi connectivity index (χ2n) is 12.8. The Labute approximate surface area is 259 Å². The topological polar surface area (TPSA) is 126 Å².